The summed E-state index contributed by atoms with van der Waals surface area (Å²) in [4.78, 5) is 14.0. The summed E-state index contributed by atoms with van der Waals surface area (Å²) in [6.07, 6.45) is 6.14. The number of aromatic nitrogens is 1. The van der Waals surface area contributed by atoms with Crippen molar-refractivity contribution in [1.82, 2.24) is 4.57 Å². The standard InChI is InChI=1S/C33H27NOP2/c1-2-23-13-15-24(16-14-23)22-34-30-21-27(36-25-9-5-3-6-10-25)17-18-28(30)29-19-20-31(33(35)32(29)34)37-26-11-7-4-8-12-26/h2-21,31,36-37H,1,22H2. The number of Topliss-reactive ketones (excluding diaryl/α,β-unsaturated/α-hetero) is 1. The molecule has 4 aromatic carbocycles. The van der Waals surface area contributed by atoms with Crippen LogP contribution >= 0.6 is 17.2 Å². The predicted molar refractivity (Wildman–Crippen MR) is 163 cm³/mol. The summed E-state index contributed by atoms with van der Waals surface area (Å²) in [6, 6.07) is 36.1. The molecule has 0 aliphatic heterocycles. The highest BCUT2D eigenvalue weighted by molar-refractivity contribution is 7.55. The van der Waals surface area contributed by atoms with Gasteiger partial charge < -0.3 is 4.57 Å². The Hall–Kier alpha value is -3.57. The van der Waals surface area contributed by atoms with Gasteiger partial charge in [0.1, 0.15) is 0 Å². The first-order chi connectivity index (χ1) is 18.2. The molecule has 0 radical (unpaired) electrons. The first kappa shape index (κ1) is 23.8. The van der Waals surface area contributed by atoms with Gasteiger partial charge in [0.25, 0.3) is 0 Å². The normalized spacial score (nSPS) is 15.2. The Kier molecular flexibility index (Phi) is 6.71. The highest BCUT2D eigenvalue weighted by Crippen LogP contribution is 2.37. The Balaban J connectivity index is 1.44. The Morgan fingerprint density at radius 2 is 1.51 bits per heavy atom. The van der Waals surface area contributed by atoms with E-state index in [0.717, 1.165) is 27.7 Å². The lowest BCUT2D eigenvalue weighted by Gasteiger charge is -2.19. The molecule has 2 nitrogen and oxygen atoms in total. The molecule has 180 valence electrons. The fourth-order valence-corrected chi connectivity index (χ4v) is 7.21. The molecule has 37 heavy (non-hydrogen) atoms. The first-order valence-electron chi connectivity index (χ1n) is 12.4. The quantitative estimate of drug-likeness (QED) is 0.226. The van der Waals surface area contributed by atoms with Gasteiger partial charge in [-0.1, -0.05) is 139 Å². The molecule has 4 heteroatoms. The van der Waals surface area contributed by atoms with Gasteiger partial charge in [-0.3, -0.25) is 4.79 Å². The number of hydrogen-bond donors (Lipinski definition) is 0. The van der Waals surface area contributed by atoms with Crippen LogP contribution in [0, 0.1) is 0 Å². The Morgan fingerprint density at radius 1 is 0.811 bits per heavy atom. The van der Waals surface area contributed by atoms with Gasteiger partial charge in [-0.05, 0) is 33.1 Å². The summed E-state index contributed by atoms with van der Waals surface area (Å²) >= 11 is 0. The van der Waals surface area contributed by atoms with Gasteiger partial charge in [-0.25, -0.2) is 0 Å². The van der Waals surface area contributed by atoms with Crippen LogP contribution in [0.15, 0.2) is 116 Å². The summed E-state index contributed by atoms with van der Waals surface area (Å²) < 4.78 is 2.25. The van der Waals surface area contributed by atoms with Gasteiger partial charge in [-0.2, -0.15) is 0 Å². The van der Waals surface area contributed by atoms with Crippen molar-refractivity contribution in [3.8, 4) is 0 Å². The van der Waals surface area contributed by atoms with E-state index in [0.29, 0.717) is 23.7 Å². The summed E-state index contributed by atoms with van der Waals surface area (Å²) in [6.45, 7) is 4.53. The molecular weight excluding hydrogens is 488 g/mol. The van der Waals surface area contributed by atoms with Gasteiger partial charge >= 0.3 is 0 Å². The minimum absolute atomic E-state index is 0.133. The smallest absolute Gasteiger partial charge is 0.191 e. The van der Waals surface area contributed by atoms with Gasteiger partial charge in [0.15, 0.2) is 5.78 Å². The van der Waals surface area contributed by atoms with Gasteiger partial charge in [0.2, 0.25) is 0 Å². The third-order valence-electron chi connectivity index (χ3n) is 6.79. The second kappa shape index (κ2) is 10.4. The van der Waals surface area contributed by atoms with Crippen LogP contribution < -0.4 is 15.9 Å². The molecule has 5 aromatic rings. The van der Waals surface area contributed by atoms with Crippen molar-refractivity contribution in [1.29, 1.82) is 0 Å². The number of nitrogens with zero attached hydrogens (tertiary/aromatic N) is 1. The molecule has 1 heterocycles. The lowest BCUT2D eigenvalue weighted by Crippen LogP contribution is -2.23. The van der Waals surface area contributed by atoms with Crippen LogP contribution in [0.1, 0.15) is 27.2 Å². The Bertz CT molecular complexity index is 1620. The maximum atomic E-state index is 14.0. The minimum atomic E-state index is -0.133. The zero-order chi connectivity index (χ0) is 25.2. The number of allylic oxidation sites excluding steroid dienone is 1. The summed E-state index contributed by atoms with van der Waals surface area (Å²) in [5, 5.41) is 4.94. The van der Waals surface area contributed by atoms with E-state index in [4.69, 9.17) is 0 Å². The van der Waals surface area contributed by atoms with Crippen LogP contribution in [0.25, 0.3) is 23.1 Å². The summed E-state index contributed by atoms with van der Waals surface area (Å²) in [5.74, 6) is 0.214. The van der Waals surface area contributed by atoms with E-state index < -0.39 is 0 Å². The van der Waals surface area contributed by atoms with E-state index in [1.165, 1.54) is 21.5 Å². The second-order valence-electron chi connectivity index (χ2n) is 9.23. The second-order valence-corrected chi connectivity index (χ2v) is 12.1. The summed E-state index contributed by atoms with van der Waals surface area (Å²) in [5.41, 5.74) is 5.14. The van der Waals surface area contributed by atoms with Crippen molar-refractivity contribution in [2.24, 2.45) is 0 Å². The largest absolute Gasteiger partial charge is 0.333 e. The summed E-state index contributed by atoms with van der Waals surface area (Å²) in [7, 11) is 0.985. The number of fused-ring (bicyclic) bond motifs is 3. The number of hydrogen-bond acceptors (Lipinski definition) is 1. The molecule has 0 saturated heterocycles. The zero-order valence-corrected chi connectivity index (χ0v) is 22.4. The van der Waals surface area contributed by atoms with E-state index in [9.17, 15) is 4.79 Å². The molecule has 1 aliphatic carbocycles. The maximum Gasteiger partial charge on any atom is 0.191 e. The Morgan fingerprint density at radius 3 is 2.22 bits per heavy atom. The lowest BCUT2D eigenvalue weighted by molar-refractivity contribution is 0.0991. The van der Waals surface area contributed by atoms with E-state index in [2.05, 4.69) is 108 Å². The zero-order valence-electron chi connectivity index (χ0n) is 20.4. The van der Waals surface area contributed by atoms with Gasteiger partial charge in [-0.15, -0.1) is 0 Å². The molecule has 1 aliphatic rings. The fraction of sp³-hybridized carbons (Fsp3) is 0.0606. The molecule has 0 N–H and O–H groups in total. The molecule has 0 amide bonds. The fourth-order valence-electron chi connectivity index (χ4n) is 4.94. The number of carbonyl (C=O) groups is 1. The molecule has 0 saturated carbocycles. The number of benzene rings is 4. The van der Waals surface area contributed by atoms with Crippen LogP contribution in [0.3, 0.4) is 0 Å². The Labute approximate surface area is 221 Å². The monoisotopic (exact) mass is 515 g/mol. The molecule has 1 aromatic heterocycles. The van der Waals surface area contributed by atoms with Crippen molar-refractivity contribution in [2.45, 2.75) is 12.2 Å². The van der Waals surface area contributed by atoms with Crippen molar-refractivity contribution in [3.05, 3.63) is 138 Å². The van der Waals surface area contributed by atoms with Crippen molar-refractivity contribution >= 4 is 61.9 Å². The average molecular weight is 516 g/mol. The van der Waals surface area contributed by atoms with Gasteiger partial charge in [0, 0.05) is 17.5 Å². The van der Waals surface area contributed by atoms with Crippen LogP contribution in [-0.2, 0) is 6.54 Å². The number of ketones is 1. The van der Waals surface area contributed by atoms with Crippen LogP contribution in [0.5, 0.6) is 0 Å². The van der Waals surface area contributed by atoms with Crippen LogP contribution in [-0.4, -0.2) is 16.0 Å². The van der Waals surface area contributed by atoms with E-state index in [1.807, 2.05) is 24.3 Å². The number of carbonyl (C=O) groups excluding carboxylic acids is 1. The van der Waals surface area contributed by atoms with Crippen LogP contribution in [0.4, 0.5) is 0 Å². The van der Waals surface area contributed by atoms with Crippen molar-refractivity contribution < 1.29 is 4.79 Å². The van der Waals surface area contributed by atoms with Crippen molar-refractivity contribution in [3.63, 3.8) is 0 Å². The molecule has 0 bridgehead atoms. The highest BCUT2D eigenvalue weighted by Gasteiger charge is 2.30. The van der Waals surface area contributed by atoms with E-state index in [1.54, 1.807) is 0 Å². The first-order valence-corrected chi connectivity index (χ1v) is 14.5. The van der Waals surface area contributed by atoms with Gasteiger partial charge in [0.05, 0.1) is 16.9 Å². The van der Waals surface area contributed by atoms with Crippen LogP contribution in [0.2, 0.25) is 0 Å². The SMILES string of the molecule is C=Cc1ccc(Cn2c3c(c4ccc(Pc5ccccc5)cc42)C=CC(Pc2ccccc2)C3=O)cc1. The topological polar surface area (TPSA) is 22.0 Å². The maximum absolute atomic E-state index is 14.0. The molecule has 3 atom stereocenters. The minimum Gasteiger partial charge on any atom is -0.333 e. The molecule has 0 spiro atoms. The molecule has 0 fully saturated rings. The molecular formula is C33H27NOP2. The molecule has 3 unspecified atom stereocenters. The average Bonchev–Trinajstić information content (AvgIpc) is 3.25. The van der Waals surface area contributed by atoms with E-state index >= 15 is 0 Å². The lowest BCUT2D eigenvalue weighted by atomic mass is 10.0. The number of rotatable bonds is 7. The highest BCUT2D eigenvalue weighted by atomic mass is 31.1. The third-order valence-corrected chi connectivity index (χ3v) is 9.44. The van der Waals surface area contributed by atoms with Crippen molar-refractivity contribution in [2.75, 3.05) is 0 Å². The predicted octanol–water partition coefficient (Wildman–Crippen LogP) is 6.54. The van der Waals surface area contributed by atoms with E-state index in [-0.39, 0.29) is 11.4 Å². The molecule has 6 rings (SSSR count). The third kappa shape index (κ3) is 4.88.